The molecule has 0 bridgehead atoms. The number of piperazine rings is 1. The molecule has 25 heavy (non-hydrogen) atoms. The minimum Gasteiger partial charge on any atom is -0.381 e. The molecule has 3 heterocycles. The van der Waals surface area contributed by atoms with Gasteiger partial charge in [0.25, 0.3) is 0 Å². The number of nitrogens with two attached hydrogens (primary N) is 1. The Morgan fingerprint density at radius 3 is 2.80 bits per heavy atom. The summed E-state index contributed by atoms with van der Waals surface area (Å²) in [5.41, 5.74) is 7.18. The number of nitrogens with one attached hydrogen (secondary N) is 1. The molecule has 0 aromatic carbocycles. The molecule has 1 unspecified atom stereocenters. The fourth-order valence-corrected chi connectivity index (χ4v) is 3.38. The number of likely N-dealkylation sites (N-methyl/N-ethyl adjacent to an activating group) is 1. The smallest absolute Gasteiger partial charge is 0.237 e. The van der Waals surface area contributed by atoms with E-state index in [0.717, 1.165) is 50.4 Å². The molecule has 3 rings (SSSR count). The highest BCUT2D eigenvalue weighted by Gasteiger charge is 2.26. The lowest BCUT2D eigenvalue weighted by Gasteiger charge is -2.33. The topological polar surface area (TPSA) is 83.7 Å². The lowest BCUT2D eigenvalue weighted by atomic mass is 9.92. The van der Waals surface area contributed by atoms with Crippen LogP contribution in [0.5, 0.6) is 0 Å². The van der Waals surface area contributed by atoms with Crippen molar-refractivity contribution in [1.29, 1.82) is 0 Å². The van der Waals surface area contributed by atoms with E-state index in [1.165, 1.54) is 0 Å². The Morgan fingerprint density at radius 1 is 1.36 bits per heavy atom. The fraction of sp³-hybridized carbons (Fsp3) is 0.667. The second-order valence-electron chi connectivity index (χ2n) is 7.01. The van der Waals surface area contributed by atoms with Crippen LogP contribution in [-0.4, -0.2) is 68.3 Å². The molecule has 3 N–H and O–H groups in total. The van der Waals surface area contributed by atoms with Crippen LogP contribution in [0.25, 0.3) is 0 Å². The summed E-state index contributed by atoms with van der Waals surface area (Å²) in [7, 11) is 2.14. The number of anilines is 1. The predicted octanol–water partition coefficient (Wildman–Crippen LogP) is 0.204. The van der Waals surface area contributed by atoms with E-state index in [2.05, 4.69) is 33.2 Å². The first-order valence-electron chi connectivity index (χ1n) is 9.13. The third-order valence-corrected chi connectivity index (χ3v) is 5.18. The van der Waals surface area contributed by atoms with E-state index < -0.39 is 6.04 Å². The van der Waals surface area contributed by atoms with E-state index in [1.54, 1.807) is 0 Å². The van der Waals surface area contributed by atoms with Crippen molar-refractivity contribution >= 4 is 11.7 Å². The highest BCUT2D eigenvalue weighted by Crippen LogP contribution is 2.18. The molecule has 1 aromatic heterocycles. The molecule has 0 saturated carbocycles. The van der Waals surface area contributed by atoms with Crippen molar-refractivity contribution in [3.8, 4) is 0 Å². The summed E-state index contributed by atoms with van der Waals surface area (Å²) in [6, 6.07) is 3.55. The lowest BCUT2D eigenvalue weighted by molar-refractivity contribution is -0.124. The molecule has 1 atom stereocenters. The Morgan fingerprint density at radius 2 is 2.08 bits per heavy atom. The van der Waals surface area contributed by atoms with Gasteiger partial charge in [0, 0.05) is 52.1 Å². The van der Waals surface area contributed by atoms with E-state index >= 15 is 0 Å². The molecular formula is C18H29N5O2. The van der Waals surface area contributed by atoms with E-state index in [9.17, 15) is 4.79 Å². The van der Waals surface area contributed by atoms with Gasteiger partial charge in [-0.25, -0.2) is 4.98 Å². The van der Waals surface area contributed by atoms with Gasteiger partial charge in [-0.15, -0.1) is 0 Å². The van der Waals surface area contributed by atoms with Crippen molar-refractivity contribution in [3.05, 3.63) is 23.9 Å². The molecule has 0 radical (unpaired) electrons. The van der Waals surface area contributed by atoms with Crippen LogP contribution in [0.3, 0.4) is 0 Å². The monoisotopic (exact) mass is 347 g/mol. The average Bonchev–Trinajstić information content (AvgIpc) is 2.67. The van der Waals surface area contributed by atoms with Gasteiger partial charge in [-0.05, 0) is 43.5 Å². The van der Waals surface area contributed by atoms with Gasteiger partial charge < -0.3 is 25.6 Å². The number of amides is 1. The van der Waals surface area contributed by atoms with Crippen LogP contribution in [-0.2, 0) is 16.1 Å². The van der Waals surface area contributed by atoms with Crippen LogP contribution < -0.4 is 16.0 Å². The van der Waals surface area contributed by atoms with Crippen LogP contribution in [0.15, 0.2) is 18.3 Å². The van der Waals surface area contributed by atoms with Crippen LogP contribution in [0.4, 0.5) is 5.82 Å². The molecule has 2 aliphatic heterocycles. The first kappa shape index (κ1) is 18.1. The summed E-state index contributed by atoms with van der Waals surface area (Å²) in [6.45, 7) is 5.93. The van der Waals surface area contributed by atoms with Crippen molar-refractivity contribution in [2.24, 2.45) is 11.7 Å². The summed E-state index contributed by atoms with van der Waals surface area (Å²) in [6.07, 6.45) is 3.53. The lowest BCUT2D eigenvalue weighted by Crippen LogP contribution is -2.47. The van der Waals surface area contributed by atoms with Crippen molar-refractivity contribution in [2.75, 3.05) is 51.3 Å². The minimum atomic E-state index is -0.456. The first-order chi connectivity index (χ1) is 12.1. The zero-order valence-corrected chi connectivity index (χ0v) is 15.0. The minimum absolute atomic E-state index is 0.0788. The molecule has 138 valence electrons. The molecule has 1 amide bonds. The fourth-order valence-electron chi connectivity index (χ4n) is 3.38. The number of ether oxygens (including phenoxy) is 1. The number of nitrogens with zero attached hydrogens (tertiary/aromatic N) is 3. The molecule has 7 nitrogen and oxygen atoms in total. The molecule has 7 heteroatoms. The van der Waals surface area contributed by atoms with Gasteiger partial charge in [-0.1, -0.05) is 0 Å². The van der Waals surface area contributed by atoms with Gasteiger partial charge in [-0.2, -0.15) is 0 Å². The first-order valence-corrected chi connectivity index (χ1v) is 9.13. The molecule has 2 fully saturated rings. The van der Waals surface area contributed by atoms with Gasteiger partial charge >= 0.3 is 0 Å². The summed E-state index contributed by atoms with van der Waals surface area (Å²) < 4.78 is 5.33. The van der Waals surface area contributed by atoms with Crippen LogP contribution in [0.1, 0.15) is 18.4 Å². The van der Waals surface area contributed by atoms with Gasteiger partial charge in [0.1, 0.15) is 5.82 Å². The Balaban J connectivity index is 1.52. The highest BCUT2D eigenvalue weighted by molar-refractivity contribution is 5.81. The number of rotatable bonds is 5. The quantitative estimate of drug-likeness (QED) is 0.792. The standard InChI is InChI=1S/C18H29N5O2/c1-22-6-8-23(9-7-22)16-12-14(2-5-20-16)13-21-18(24)17(19)15-3-10-25-11-4-15/h2,5,12,15,17H,3-4,6-11,13,19H2,1H3,(H,21,24). The van der Waals surface area contributed by atoms with Crippen LogP contribution in [0.2, 0.25) is 0 Å². The summed E-state index contributed by atoms with van der Waals surface area (Å²) in [5.74, 6) is 1.12. The van der Waals surface area contributed by atoms with Crippen LogP contribution >= 0.6 is 0 Å². The summed E-state index contributed by atoms with van der Waals surface area (Å²) in [5, 5.41) is 2.97. The molecule has 2 saturated heterocycles. The number of hydrogen-bond donors (Lipinski definition) is 2. The Hall–Kier alpha value is -1.70. The molecule has 2 aliphatic rings. The third kappa shape index (κ3) is 4.90. The van der Waals surface area contributed by atoms with Gasteiger partial charge in [0.2, 0.25) is 5.91 Å². The molecule has 0 spiro atoms. The van der Waals surface area contributed by atoms with Crippen molar-refractivity contribution in [1.82, 2.24) is 15.2 Å². The summed E-state index contributed by atoms with van der Waals surface area (Å²) in [4.78, 5) is 21.4. The maximum absolute atomic E-state index is 12.3. The number of pyridine rings is 1. The van der Waals surface area contributed by atoms with Gasteiger partial charge in [0.15, 0.2) is 0 Å². The maximum Gasteiger partial charge on any atom is 0.237 e. The highest BCUT2D eigenvalue weighted by atomic mass is 16.5. The molecular weight excluding hydrogens is 318 g/mol. The van der Waals surface area contributed by atoms with Crippen molar-refractivity contribution in [2.45, 2.75) is 25.4 Å². The average molecular weight is 347 g/mol. The Labute approximate surface area is 149 Å². The Bertz CT molecular complexity index is 568. The summed E-state index contributed by atoms with van der Waals surface area (Å²) >= 11 is 0. The van der Waals surface area contributed by atoms with Gasteiger partial charge in [0.05, 0.1) is 6.04 Å². The number of aromatic nitrogens is 1. The second-order valence-corrected chi connectivity index (χ2v) is 7.01. The zero-order valence-electron chi connectivity index (χ0n) is 15.0. The van der Waals surface area contributed by atoms with Gasteiger partial charge in [-0.3, -0.25) is 4.79 Å². The van der Waals surface area contributed by atoms with E-state index in [-0.39, 0.29) is 11.8 Å². The van der Waals surface area contributed by atoms with Crippen LogP contribution in [0, 0.1) is 5.92 Å². The van der Waals surface area contributed by atoms with E-state index in [1.807, 2.05) is 12.3 Å². The molecule has 1 aromatic rings. The Kier molecular flexibility index (Phi) is 6.23. The molecule has 0 aliphatic carbocycles. The normalized spacial score (nSPS) is 21.1. The predicted molar refractivity (Wildman–Crippen MR) is 97.3 cm³/mol. The third-order valence-electron chi connectivity index (χ3n) is 5.18. The van der Waals surface area contributed by atoms with Crippen molar-refractivity contribution < 1.29 is 9.53 Å². The maximum atomic E-state index is 12.3. The largest absolute Gasteiger partial charge is 0.381 e. The number of carbonyl (C=O) groups excluding carboxylic acids is 1. The van der Waals surface area contributed by atoms with E-state index in [0.29, 0.717) is 19.8 Å². The van der Waals surface area contributed by atoms with E-state index in [4.69, 9.17) is 10.5 Å². The number of carbonyl (C=O) groups is 1. The van der Waals surface area contributed by atoms with Crippen molar-refractivity contribution in [3.63, 3.8) is 0 Å². The zero-order chi connectivity index (χ0) is 17.6. The second kappa shape index (κ2) is 8.60. The number of hydrogen-bond acceptors (Lipinski definition) is 6. The SMILES string of the molecule is CN1CCN(c2cc(CNC(=O)C(N)C3CCOCC3)ccn2)CC1.